The fraction of sp³-hybridized carbons (Fsp3) is 0.400. The molecule has 1 aromatic carbocycles. The monoisotopic (exact) mass is 252 g/mol. The molecular formula is C10H12N4O4. The summed E-state index contributed by atoms with van der Waals surface area (Å²) in [7, 11) is 0. The van der Waals surface area contributed by atoms with Gasteiger partial charge in [-0.3, -0.25) is 10.1 Å². The van der Waals surface area contributed by atoms with Gasteiger partial charge in [-0.25, -0.2) is 0 Å². The second-order valence-electron chi connectivity index (χ2n) is 3.46. The highest BCUT2D eigenvalue weighted by atomic mass is 16.6. The van der Waals surface area contributed by atoms with Crippen molar-refractivity contribution in [2.45, 2.75) is 13.0 Å². The van der Waals surface area contributed by atoms with Crippen molar-refractivity contribution in [1.82, 2.24) is 0 Å². The predicted molar refractivity (Wildman–Crippen MR) is 63.2 cm³/mol. The van der Waals surface area contributed by atoms with Crippen LogP contribution < -0.4 is 4.74 Å². The molecule has 0 aliphatic carbocycles. The quantitative estimate of drug-likeness (QED) is 0.208. The molecule has 1 N–H and O–H groups in total. The Labute approximate surface area is 103 Å². The van der Waals surface area contributed by atoms with Crippen LogP contribution in [0.5, 0.6) is 5.75 Å². The largest absolute Gasteiger partial charge is 0.493 e. The summed E-state index contributed by atoms with van der Waals surface area (Å²) in [5.74, 6) is 0.379. The van der Waals surface area contributed by atoms with Gasteiger partial charge >= 0.3 is 0 Å². The normalized spacial score (nSPS) is 11.4. The second kappa shape index (κ2) is 6.43. The number of azide groups is 1. The van der Waals surface area contributed by atoms with Crippen LogP contribution in [0.3, 0.4) is 0 Å². The van der Waals surface area contributed by atoms with Gasteiger partial charge in [0.05, 0.1) is 29.7 Å². The van der Waals surface area contributed by atoms with Gasteiger partial charge in [-0.2, -0.15) is 0 Å². The van der Waals surface area contributed by atoms with Crippen LogP contribution in [0.2, 0.25) is 0 Å². The Morgan fingerprint density at radius 2 is 2.39 bits per heavy atom. The molecule has 18 heavy (non-hydrogen) atoms. The highest BCUT2D eigenvalue weighted by Crippen LogP contribution is 2.28. The third-order valence-electron chi connectivity index (χ3n) is 2.17. The van der Waals surface area contributed by atoms with Gasteiger partial charge in [0.1, 0.15) is 5.75 Å². The highest BCUT2D eigenvalue weighted by Gasteiger charge is 2.18. The van der Waals surface area contributed by atoms with Crippen molar-refractivity contribution in [1.29, 1.82) is 0 Å². The van der Waals surface area contributed by atoms with Crippen molar-refractivity contribution in [3.63, 3.8) is 0 Å². The fourth-order valence-corrected chi connectivity index (χ4v) is 1.37. The lowest BCUT2D eigenvalue weighted by Crippen LogP contribution is -2.03. The van der Waals surface area contributed by atoms with E-state index in [4.69, 9.17) is 10.3 Å². The molecule has 0 heterocycles. The molecule has 0 radical (unpaired) electrons. The van der Waals surface area contributed by atoms with E-state index in [2.05, 4.69) is 10.0 Å². The minimum Gasteiger partial charge on any atom is -0.493 e. The summed E-state index contributed by atoms with van der Waals surface area (Å²) in [6.45, 7) is 1.77. The Hall–Kier alpha value is -2.31. The number of aliphatic hydroxyl groups is 1. The van der Waals surface area contributed by atoms with Crippen LogP contribution in [0, 0.1) is 10.1 Å². The van der Waals surface area contributed by atoms with Crippen molar-refractivity contribution in [2.75, 3.05) is 13.2 Å². The first kappa shape index (κ1) is 13.8. The SMILES string of the molecule is CC(O)c1cc(OCCN=[N+]=[N-])ccc1[N+](=O)[O-]. The maximum Gasteiger partial charge on any atom is 0.275 e. The topological polar surface area (TPSA) is 121 Å². The zero-order chi connectivity index (χ0) is 13.5. The number of hydrogen-bond donors (Lipinski definition) is 1. The van der Waals surface area contributed by atoms with E-state index in [1.54, 1.807) is 0 Å². The van der Waals surface area contributed by atoms with Crippen molar-refractivity contribution in [2.24, 2.45) is 5.11 Å². The van der Waals surface area contributed by atoms with Crippen LogP contribution in [0.1, 0.15) is 18.6 Å². The summed E-state index contributed by atoms with van der Waals surface area (Å²) in [6, 6.07) is 4.10. The Kier molecular flexibility index (Phi) is 4.91. The van der Waals surface area contributed by atoms with Gasteiger partial charge in [0.25, 0.3) is 5.69 Å². The van der Waals surface area contributed by atoms with Crippen LogP contribution in [0.4, 0.5) is 5.69 Å². The van der Waals surface area contributed by atoms with Gasteiger partial charge in [-0.05, 0) is 24.6 Å². The van der Waals surface area contributed by atoms with Crippen LogP contribution in [0.25, 0.3) is 10.4 Å². The van der Waals surface area contributed by atoms with Crippen molar-refractivity contribution >= 4 is 5.69 Å². The first-order valence-electron chi connectivity index (χ1n) is 5.16. The summed E-state index contributed by atoms with van der Waals surface area (Å²) >= 11 is 0. The van der Waals surface area contributed by atoms with Crippen LogP contribution in [0.15, 0.2) is 23.3 Å². The first-order valence-corrected chi connectivity index (χ1v) is 5.16. The number of nitro groups is 1. The zero-order valence-electron chi connectivity index (χ0n) is 9.68. The Bertz CT molecular complexity index is 483. The molecule has 0 fully saturated rings. The molecule has 0 bridgehead atoms. The predicted octanol–water partition coefficient (Wildman–Crippen LogP) is 2.34. The van der Waals surface area contributed by atoms with Crippen LogP contribution >= 0.6 is 0 Å². The average molecular weight is 252 g/mol. The molecule has 0 aromatic heterocycles. The summed E-state index contributed by atoms with van der Waals surface area (Å²) in [5, 5.41) is 23.5. The van der Waals surface area contributed by atoms with E-state index in [9.17, 15) is 15.2 Å². The number of ether oxygens (including phenoxy) is 1. The maximum atomic E-state index is 10.7. The van der Waals surface area contributed by atoms with E-state index >= 15 is 0 Å². The Morgan fingerprint density at radius 1 is 1.67 bits per heavy atom. The first-order chi connectivity index (χ1) is 8.56. The van der Waals surface area contributed by atoms with Gasteiger partial charge in [0.15, 0.2) is 0 Å². The Morgan fingerprint density at radius 3 is 2.94 bits per heavy atom. The standard InChI is InChI=1S/C10H12N4O4/c1-7(15)9-6-8(18-5-4-12-13-11)2-3-10(9)14(16)17/h2-3,6-7,15H,4-5H2,1H3. The average Bonchev–Trinajstić information content (AvgIpc) is 2.34. The molecule has 8 heteroatoms. The minimum atomic E-state index is -0.967. The summed E-state index contributed by atoms with van der Waals surface area (Å²) < 4.78 is 5.24. The van der Waals surface area contributed by atoms with E-state index < -0.39 is 11.0 Å². The molecule has 0 saturated carbocycles. The molecule has 0 amide bonds. The molecule has 1 unspecified atom stereocenters. The van der Waals surface area contributed by atoms with E-state index in [1.165, 1.54) is 25.1 Å². The zero-order valence-corrected chi connectivity index (χ0v) is 9.68. The summed E-state index contributed by atoms with van der Waals surface area (Å²) in [6.07, 6.45) is -0.967. The van der Waals surface area contributed by atoms with Crippen molar-refractivity contribution < 1.29 is 14.8 Å². The number of aliphatic hydroxyl groups excluding tert-OH is 1. The molecule has 1 aromatic rings. The van der Waals surface area contributed by atoms with E-state index in [1.807, 2.05) is 0 Å². The number of nitro benzene ring substituents is 1. The maximum absolute atomic E-state index is 10.7. The van der Waals surface area contributed by atoms with Gasteiger partial charge < -0.3 is 9.84 Å². The van der Waals surface area contributed by atoms with Crippen molar-refractivity contribution in [3.05, 3.63) is 44.3 Å². The smallest absolute Gasteiger partial charge is 0.275 e. The third-order valence-corrected chi connectivity index (χ3v) is 2.17. The fourth-order valence-electron chi connectivity index (χ4n) is 1.37. The highest BCUT2D eigenvalue weighted by molar-refractivity contribution is 5.46. The molecule has 8 nitrogen and oxygen atoms in total. The molecule has 0 aliphatic rings. The van der Waals surface area contributed by atoms with Gasteiger partial charge in [-0.1, -0.05) is 5.11 Å². The van der Waals surface area contributed by atoms with Crippen LogP contribution in [-0.4, -0.2) is 23.2 Å². The lowest BCUT2D eigenvalue weighted by Gasteiger charge is -2.09. The molecule has 0 saturated heterocycles. The second-order valence-corrected chi connectivity index (χ2v) is 3.46. The summed E-state index contributed by atoms with van der Waals surface area (Å²) in [5.41, 5.74) is 8.09. The van der Waals surface area contributed by atoms with E-state index in [0.29, 0.717) is 5.75 Å². The van der Waals surface area contributed by atoms with Gasteiger partial charge in [0, 0.05) is 11.0 Å². The van der Waals surface area contributed by atoms with E-state index in [0.717, 1.165) is 0 Å². The van der Waals surface area contributed by atoms with Gasteiger partial charge in [0.2, 0.25) is 0 Å². The van der Waals surface area contributed by atoms with Gasteiger partial charge in [-0.15, -0.1) is 0 Å². The number of hydrogen-bond acceptors (Lipinski definition) is 5. The molecule has 0 aliphatic heterocycles. The van der Waals surface area contributed by atoms with E-state index in [-0.39, 0.29) is 24.4 Å². The number of nitrogens with zero attached hydrogens (tertiary/aromatic N) is 4. The number of benzene rings is 1. The number of rotatable bonds is 6. The van der Waals surface area contributed by atoms with Crippen molar-refractivity contribution in [3.8, 4) is 5.75 Å². The molecule has 96 valence electrons. The lowest BCUT2D eigenvalue weighted by atomic mass is 10.1. The molecule has 1 atom stereocenters. The van der Waals surface area contributed by atoms with Crippen LogP contribution in [-0.2, 0) is 0 Å². The Balaban J connectivity index is 2.86. The lowest BCUT2D eigenvalue weighted by molar-refractivity contribution is -0.386. The molecular weight excluding hydrogens is 240 g/mol. The molecule has 1 rings (SSSR count). The summed E-state index contributed by atoms with van der Waals surface area (Å²) in [4.78, 5) is 12.7. The minimum absolute atomic E-state index is 0.160. The third kappa shape index (κ3) is 3.62. The molecule has 0 spiro atoms.